The first-order valence-electron chi connectivity index (χ1n) is 5.09. The molecule has 0 radical (unpaired) electrons. The SMILES string of the molecule is Cc1ncsc1CNCC1(O)CCSC1. The van der Waals surface area contributed by atoms with Gasteiger partial charge in [0, 0.05) is 23.7 Å². The minimum atomic E-state index is -0.483. The molecule has 84 valence electrons. The number of thioether (sulfide) groups is 1. The quantitative estimate of drug-likeness (QED) is 0.840. The molecular weight excluding hydrogens is 228 g/mol. The van der Waals surface area contributed by atoms with Gasteiger partial charge in [0.25, 0.3) is 0 Å². The maximum Gasteiger partial charge on any atom is 0.0869 e. The number of nitrogens with one attached hydrogen (secondary N) is 1. The van der Waals surface area contributed by atoms with Crippen molar-refractivity contribution in [2.45, 2.75) is 25.5 Å². The first-order valence-corrected chi connectivity index (χ1v) is 7.13. The zero-order chi connectivity index (χ0) is 10.7. The third-order valence-electron chi connectivity index (χ3n) is 2.67. The molecule has 5 heteroatoms. The molecule has 0 bridgehead atoms. The van der Waals surface area contributed by atoms with Gasteiger partial charge in [0.15, 0.2) is 0 Å². The molecule has 0 aliphatic carbocycles. The summed E-state index contributed by atoms with van der Waals surface area (Å²) >= 11 is 3.50. The molecule has 1 aromatic rings. The van der Waals surface area contributed by atoms with Crippen molar-refractivity contribution in [3.05, 3.63) is 16.1 Å². The molecule has 2 heterocycles. The molecule has 1 saturated heterocycles. The van der Waals surface area contributed by atoms with E-state index in [2.05, 4.69) is 10.3 Å². The van der Waals surface area contributed by atoms with Gasteiger partial charge in [0.05, 0.1) is 16.8 Å². The van der Waals surface area contributed by atoms with E-state index in [4.69, 9.17) is 0 Å². The molecule has 1 fully saturated rings. The van der Waals surface area contributed by atoms with Crippen LogP contribution in [0.1, 0.15) is 17.0 Å². The summed E-state index contributed by atoms with van der Waals surface area (Å²) < 4.78 is 0. The number of nitrogens with zero attached hydrogens (tertiary/aromatic N) is 1. The second-order valence-electron chi connectivity index (χ2n) is 3.99. The largest absolute Gasteiger partial charge is 0.388 e. The summed E-state index contributed by atoms with van der Waals surface area (Å²) in [5, 5.41) is 13.4. The number of hydrogen-bond acceptors (Lipinski definition) is 5. The van der Waals surface area contributed by atoms with Crippen molar-refractivity contribution in [1.29, 1.82) is 0 Å². The van der Waals surface area contributed by atoms with E-state index < -0.39 is 5.60 Å². The third-order valence-corrected chi connectivity index (χ3v) is 4.84. The van der Waals surface area contributed by atoms with Crippen LogP contribution in [0.3, 0.4) is 0 Å². The Kier molecular flexibility index (Phi) is 3.66. The van der Waals surface area contributed by atoms with Gasteiger partial charge in [0.1, 0.15) is 0 Å². The molecule has 1 aliphatic heterocycles. The van der Waals surface area contributed by atoms with Gasteiger partial charge < -0.3 is 10.4 Å². The minimum absolute atomic E-state index is 0.483. The van der Waals surface area contributed by atoms with Crippen molar-refractivity contribution in [3.63, 3.8) is 0 Å². The van der Waals surface area contributed by atoms with E-state index in [0.29, 0.717) is 6.54 Å². The summed E-state index contributed by atoms with van der Waals surface area (Å²) in [6.07, 6.45) is 0.909. The molecule has 2 rings (SSSR count). The zero-order valence-corrected chi connectivity index (χ0v) is 10.5. The van der Waals surface area contributed by atoms with Gasteiger partial charge in [0.2, 0.25) is 0 Å². The van der Waals surface area contributed by atoms with Crippen molar-refractivity contribution in [2.24, 2.45) is 0 Å². The molecule has 1 aromatic heterocycles. The first kappa shape index (κ1) is 11.4. The topological polar surface area (TPSA) is 45.2 Å². The summed E-state index contributed by atoms with van der Waals surface area (Å²) in [5.41, 5.74) is 2.48. The molecular formula is C10H16N2OS2. The van der Waals surface area contributed by atoms with E-state index in [1.807, 2.05) is 24.2 Å². The first-order chi connectivity index (χ1) is 7.20. The number of thiazole rings is 1. The van der Waals surface area contributed by atoms with Crippen LogP contribution in [-0.4, -0.2) is 33.7 Å². The smallest absolute Gasteiger partial charge is 0.0869 e. The molecule has 3 nitrogen and oxygen atoms in total. The van der Waals surface area contributed by atoms with Crippen LogP contribution in [0.4, 0.5) is 0 Å². The van der Waals surface area contributed by atoms with Crippen molar-refractivity contribution >= 4 is 23.1 Å². The Labute approximate surface area is 98.3 Å². The minimum Gasteiger partial charge on any atom is -0.388 e. The fraction of sp³-hybridized carbons (Fsp3) is 0.700. The highest BCUT2D eigenvalue weighted by molar-refractivity contribution is 7.99. The van der Waals surface area contributed by atoms with Crippen molar-refractivity contribution in [2.75, 3.05) is 18.1 Å². The van der Waals surface area contributed by atoms with Crippen molar-refractivity contribution in [1.82, 2.24) is 10.3 Å². The van der Waals surface area contributed by atoms with Gasteiger partial charge in [-0.2, -0.15) is 11.8 Å². The van der Waals surface area contributed by atoms with Gasteiger partial charge in [-0.15, -0.1) is 11.3 Å². The molecule has 1 aliphatic rings. The van der Waals surface area contributed by atoms with Gasteiger partial charge in [-0.3, -0.25) is 0 Å². The molecule has 2 N–H and O–H groups in total. The number of aromatic nitrogens is 1. The maximum absolute atomic E-state index is 10.1. The average molecular weight is 244 g/mol. The van der Waals surface area contributed by atoms with Gasteiger partial charge in [-0.25, -0.2) is 4.98 Å². The zero-order valence-electron chi connectivity index (χ0n) is 8.82. The van der Waals surface area contributed by atoms with E-state index in [0.717, 1.165) is 30.2 Å². The monoisotopic (exact) mass is 244 g/mol. The Bertz CT molecular complexity index is 321. The van der Waals surface area contributed by atoms with Crippen LogP contribution in [0, 0.1) is 6.92 Å². The normalized spacial score (nSPS) is 26.0. The predicted molar refractivity (Wildman–Crippen MR) is 65.4 cm³/mol. The molecule has 0 aromatic carbocycles. The summed E-state index contributed by atoms with van der Waals surface area (Å²) in [6.45, 7) is 3.54. The van der Waals surface area contributed by atoms with Crippen LogP contribution in [0.25, 0.3) is 0 Å². The third kappa shape index (κ3) is 2.93. The summed E-state index contributed by atoms with van der Waals surface area (Å²) in [7, 11) is 0. The van der Waals surface area contributed by atoms with E-state index in [-0.39, 0.29) is 0 Å². The Balaban J connectivity index is 1.77. The van der Waals surface area contributed by atoms with Crippen LogP contribution in [0.15, 0.2) is 5.51 Å². The van der Waals surface area contributed by atoms with E-state index in [1.54, 1.807) is 11.3 Å². The van der Waals surface area contributed by atoms with Gasteiger partial charge >= 0.3 is 0 Å². The Morgan fingerprint density at radius 3 is 3.13 bits per heavy atom. The molecule has 0 amide bonds. The highest BCUT2D eigenvalue weighted by atomic mass is 32.2. The Hall–Kier alpha value is -0.100. The lowest BCUT2D eigenvalue weighted by molar-refractivity contribution is 0.0675. The van der Waals surface area contributed by atoms with Crippen molar-refractivity contribution in [3.8, 4) is 0 Å². The van der Waals surface area contributed by atoms with Crippen LogP contribution in [0.2, 0.25) is 0 Å². The summed E-state index contributed by atoms with van der Waals surface area (Å²) in [6, 6.07) is 0. The summed E-state index contributed by atoms with van der Waals surface area (Å²) in [4.78, 5) is 5.46. The summed E-state index contributed by atoms with van der Waals surface area (Å²) in [5.74, 6) is 1.94. The van der Waals surface area contributed by atoms with Gasteiger partial charge in [-0.05, 0) is 19.1 Å². The molecule has 1 atom stereocenters. The maximum atomic E-state index is 10.1. The molecule has 1 unspecified atom stereocenters. The lowest BCUT2D eigenvalue weighted by Gasteiger charge is -2.21. The van der Waals surface area contributed by atoms with E-state index in [1.165, 1.54) is 4.88 Å². The number of rotatable bonds is 4. The highest BCUT2D eigenvalue weighted by Crippen LogP contribution is 2.27. The Morgan fingerprint density at radius 2 is 2.53 bits per heavy atom. The Morgan fingerprint density at radius 1 is 1.67 bits per heavy atom. The predicted octanol–water partition coefficient (Wildman–Crippen LogP) is 1.41. The average Bonchev–Trinajstić information content (AvgIpc) is 2.78. The number of hydrogen-bond donors (Lipinski definition) is 2. The molecule has 0 spiro atoms. The molecule has 0 saturated carbocycles. The number of aliphatic hydroxyl groups is 1. The second-order valence-corrected chi connectivity index (χ2v) is 6.04. The van der Waals surface area contributed by atoms with Crippen LogP contribution >= 0.6 is 23.1 Å². The second kappa shape index (κ2) is 4.82. The van der Waals surface area contributed by atoms with Crippen LogP contribution in [-0.2, 0) is 6.54 Å². The fourth-order valence-electron chi connectivity index (χ4n) is 1.64. The highest BCUT2D eigenvalue weighted by Gasteiger charge is 2.30. The fourth-order valence-corrected chi connectivity index (χ4v) is 3.68. The van der Waals surface area contributed by atoms with E-state index >= 15 is 0 Å². The lowest BCUT2D eigenvalue weighted by atomic mass is 10.0. The van der Waals surface area contributed by atoms with Crippen molar-refractivity contribution < 1.29 is 5.11 Å². The lowest BCUT2D eigenvalue weighted by Crippen LogP contribution is -2.40. The van der Waals surface area contributed by atoms with Gasteiger partial charge in [-0.1, -0.05) is 0 Å². The van der Waals surface area contributed by atoms with Crippen LogP contribution in [0.5, 0.6) is 0 Å². The van der Waals surface area contributed by atoms with Crippen LogP contribution < -0.4 is 5.32 Å². The standard InChI is InChI=1S/C10H16N2OS2/c1-8-9(15-7-12-8)4-11-5-10(13)2-3-14-6-10/h7,11,13H,2-6H2,1H3. The van der Waals surface area contributed by atoms with E-state index in [9.17, 15) is 5.11 Å². The number of aryl methyl sites for hydroxylation is 1. The molecule has 15 heavy (non-hydrogen) atoms.